The molecule has 4 amide bonds. The van der Waals surface area contributed by atoms with Crippen LogP contribution in [-0.4, -0.2) is 89.6 Å². The summed E-state index contributed by atoms with van der Waals surface area (Å²) >= 11 is 0. The van der Waals surface area contributed by atoms with E-state index < -0.39 is 41.0 Å². The average molecular weight is 676 g/mol. The van der Waals surface area contributed by atoms with E-state index in [4.69, 9.17) is 4.74 Å². The summed E-state index contributed by atoms with van der Waals surface area (Å²) in [5.74, 6) is -1.36. The Kier molecular flexibility index (Phi) is 12.0. The molecule has 11 heteroatoms. The van der Waals surface area contributed by atoms with Gasteiger partial charge in [0.15, 0.2) is 0 Å². The molecule has 4 rings (SSSR count). The number of piperazine rings is 1. The number of amides is 4. The lowest BCUT2D eigenvalue weighted by atomic mass is 9.97. The van der Waals surface area contributed by atoms with Crippen LogP contribution >= 0.6 is 0 Å². The van der Waals surface area contributed by atoms with E-state index in [1.54, 1.807) is 44.9 Å². The topological polar surface area (TPSA) is 120 Å². The van der Waals surface area contributed by atoms with Crippen LogP contribution in [0.15, 0.2) is 66.7 Å². The van der Waals surface area contributed by atoms with Gasteiger partial charge < -0.3 is 25.6 Å². The first-order valence-corrected chi connectivity index (χ1v) is 16.9. The number of benzene rings is 3. The maximum Gasteiger partial charge on any atom is 0.408 e. The first kappa shape index (κ1) is 37.3. The van der Waals surface area contributed by atoms with Crippen molar-refractivity contribution in [1.29, 1.82) is 0 Å². The van der Waals surface area contributed by atoms with Gasteiger partial charge in [-0.15, -0.1) is 0 Å². The molecular formula is C38H50FN5O5. The van der Waals surface area contributed by atoms with Gasteiger partial charge in [0.2, 0.25) is 17.7 Å². The van der Waals surface area contributed by atoms with Gasteiger partial charge in [-0.2, -0.15) is 0 Å². The molecule has 49 heavy (non-hydrogen) atoms. The fourth-order valence-corrected chi connectivity index (χ4v) is 6.16. The van der Waals surface area contributed by atoms with E-state index in [1.807, 2.05) is 19.1 Å². The van der Waals surface area contributed by atoms with E-state index in [0.717, 1.165) is 16.3 Å². The number of rotatable bonds is 11. The summed E-state index contributed by atoms with van der Waals surface area (Å²) in [5, 5.41) is 10.5. The van der Waals surface area contributed by atoms with Gasteiger partial charge in [0.05, 0.1) is 6.04 Å². The minimum absolute atomic E-state index is 0.0936. The van der Waals surface area contributed by atoms with Gasteiger partial charge >= 0.3 is 6.09 Å². The van der Waals surface area contributed by atoms with Crippen molar-refractivity contribution in [3.8, 4) is 0 Å². The van der Waals surface area contributed by atoms with Crippen LogP contribution < -0.4 is 16.0 Å². The average Bonchev–Trinajstić information content (AvgIpc) is 3.05. The van der Waals surface area contributed by atoms with Crippen LogP contribution in [0.25, 0.3) is 10.8 Å². The zero-order valence-corrected chi connectivity index (χ0v) is 29.6. The SMILES string of the molecule is CC[C@H]1CN([C@@H](Cc2ccc3ccccc3c2)C(=O)NC)CCN1C(=O)[C@@H](Cc1ccc(F)cc1)NC(=O)C(C)(C)NC(=O)OC(C)(C)C. The molecule has 1 saturated heterocycles. The Bertz CT molecular complexity index is 1640. The number of nitrogens with zero attached hydrogens (tertiary/aromatic N) is 2. The van der Waals surface area contributed by atoms with Crippen molar-refractivity contribution in [3.63, 3.8) is 0 Å². The quantitative estimate of drug-likeness (QED) is 0.274. The van der Waals surface area contributed by atoms with Gasteiger partial charge in [-0.1, -0.05) is 61.5 Å². The summed E-state index contributed by atoms with van der Waals surface area (Å²) < 4.78 is 19.1. The lowest BCUT2D eigenvalue weighted by Gasteiger charge is -2.45. The molecule has 3 N–H and O–H groups in total. The first-order valence-electron chi connectivity index (χ1n) is 16.9. The number of alkyl carbamates (subject to hydrolysis) is 1. The predicted molar refractivity (Wildman–Crippen MR) is 188 cm³/mol. The predicted octanol–water partition coefficient (Wildman–Crippen LogP) is 4.59. The highest BCUT2D eigenvalue weighted by Gasteiger charge is 2.40. The maximum atomic E-state index is 14.3. The number of ether oxygens (including phenoxy) is 1. The van der Waals surface area contributed by atoms with Crippen LogP contribution in [0.4, 0.5) is 9.18 Å². The highest BCUT2D eigenvalue weighted by Crippen LogP contribution is 2.23. The minimum Gasteiger partial charge on any atom is -0.444 e. The number of hydrogen-bond donors (Lipinski definition) is 3. The lowest BCUT2D eigenvalue weighted by Crippen LogP contribution is -2.64. The van der Waals surface area contributed by atoms with Gasteiger partial charge in [-0.25, -0.2) is 9.18 Å². The van der Waals surface area contributed by atoms with E-state index in [2.05, 4.69) is 51.2 Å². The van der Waals surface area contributed by atoms with E-state index >= 15 is 0 Å². The van der Waals surface area contributed by atoms with E-state index in [0.29, 0.717) is 38.0 Å². The summed E-state index contributed by atoms with van der Waals surface area (Å²) in [6, 6.07) is 18.5. The van der Waals surface area contributed by atoms with Crippen LogP contribution in [0.5, 0.6) is 0 Å². The standard InChI is InChI=1S/C38H50FN5O5/c1-8-30-24-43(32(33(45)40-7)23-26-13-16-27-11-9-10-12-28(27)21-26)19-20-44(30)34(46)31(22-25-14-17-29(39)18-15-25)41-35(47)38(5,6)42-36(48)49-37(2,3)4/h9-18,21,30-32H,8,19-20,22-24H2,1-7H3,(H,40,45)(H,41,47)(H,42,48)/t30-,31+,32-/m0/s1. The molecule has 1 aliphatic rings. The number of nitrogens with one attached hydrogen (secondary N) is 3. The van der Waals surface area contributed by atoms with Crippen molar-refractivity contribution >= 4 is 34.6 Å². The van der Waals surface area contributed by atoms with E-state index in [9.17, 15) is 23.6 Å². The van der Waals surface area contributed by atoms with E-state index in [1.165, 1.54) is 26.0 Å². The molecule has 1 fully saturated rings. The minimum atomic E-state index is -1.41. The van der Waals surface area contributed by atoms with Gasteiger partial charge in [-0.05, 0) is 81.5 Å². The summed E-state index contributed by atoms with van der Waals surface area (Å²) in [5.41, 5.74) is -0.458. The van der Waals surface area contributed by atoms with Crippen LogP contribution in [0.1, 0.15) is 59.1 Å². The molecule has 3 aromatic rings. The molecule has 0 radical (unpaired) electrons. The van der Waals surface area contributed by atoms with Crippen molar-refractivity contribution in [1.82, 2.24) is 25.8 Å². The Labute approximate surface area is 288 Å². The molecule has 3 atom stereocenters. The van der Waals surface area contributed by atoms with Crippen LogP contribution in [-0.2, 0) is 32.0 Å². The zero-order valence-electron chi connectivity index (χ0n) is 29.6. The highest BCUT2D eigenvalue weighted by atomic mass is 19.1. The Hall–Kier alpha value is -4.51. The smallest absolute Gasteiger partial charge is 0.408 e. The first-order chi connectivity index (χ1) is 23.1. The number of carbonyl (C=O) groups excluding carboxylic acids is 4. The summed E-state index contributed by atoms with van der Waals surface area (Å²) in [6.45, 7) is 11.5. The van der Waals surface area contributed by atoms with E-state index in [-0.39, 0.29) is 24.3 Å². The van der Waals surface area contributed by atoms with Gasteiger partial charge in [0, 0.05) is 39.1 Å². The van der Waals surface area contributed by atoms with Gasteiger partial charge in [-0.3, -0.25) is 19.3 Å². The third-order valence-electron chi connectivity index (χ3n) is 8.84. The number of hydrogen-bond acceptors (Lipinski definition) is 6. The highest BCUT2D eigenvalue weighted by molar-refractivity contribution is 5.94. The molecule has 0 aromatic heterocycles. The summed E-state index contributed by atoms with van der Waals surface area (Å²) in [6.07, 6.45) is 0.498. The number of halogens is 1. The number of likely N-dealkylation sites (N-methyl/N-ethyl adjacent to an activating group) is 1. The Balaban J connectivity index is 1.53. The van der Waals surface area contributed by atoms with Crippen molar-refractivity contribution in [2.24, 2.45) is 0 Å². The second-order valence-corrected chi connectivity index (χ2v) is 14.2. The van der Waals surface area contributed by atoms with Crippen molar-refractivity contribution in [2.75, 3.05) is 26.7 Å². The monoisotopic (exact) mass is 675 g/mol. The molecule has 1 heterocycles. The normalized spacial score (nSPS) is 16.8. The largest absolute Gasteiger partial charge is 0.444 e. The Morgan fingerprint density at radius 3 is 2.18 bits per heavy atom. The van der Waals surface area contributed by atoms with Crippen molar-refractivity contribution < 1.29 is 28.3 Å². The third-order valence-corrected chi connectivity index (χ3v) is 8.84. The molecule has 10 nitrogen and oxygen atoms in total. The second-order valence-electron chi connectivity index (χ2n) is 14.2. The Morgan fingerprint density at radius 1 is 0.898 bits per heavy atom. The van der Waals surface area contributed by atoms with Crippen LogP contribution in [0.2, 0.25) is 0 Å². The molecule has 0 aliphatic carbocycles. The molecule has 0 bridgehead atoms. The second kappa shape index (κ2) is 15.8. The molecule has 3 aromatic carbocycles. The number of carbonyl (C=O) groups is 4. The summed E-state index contributed by atoms with van der Waals surface area (Å²) in [7, 11) is 1.63. The van der Waals surface area contributed by atoms with Crippen LogP contribution in [0, 0.1) is 5.82 Å². The fourth-order valence-electron chi connectivity index (χ4n) is 6.16. The molecule has 0 saturated carbocycles. The molecular weight excluding hydrogens is 625 g/mol. The van der Waals surface area contributed by atoms with Crippen molar-refractivity contribution in [3.05, 3.63) is 83.7 Å². The molecule has 0 spiro atoms. The Morgan fingerprint density at radius 2 is 1.55 bits per heavy atom. The maximum absolute atomic E-state index is 14.3. The van der Waals surface area contributed by atoms with Crippen molar-refractivity contribution in [2.45, 2.75) is 90.1 Å². The molecule has 264 valence electrons. The van der Waals surface area contributed by atoms with Gasteiger partial charge in [0.25, 0.3) is 0 Å². The van der Waals surface area contributed by atoms with Crippen LogP contribution in [0.3, 0.4) is 0 Å². The summed E-state index contributed by atoms with van der Waals surface area (Å²) in [4.78, 5) is 57.6. The third kappa shape index (κ3) is 10.0. The molecule has 1 aliphatic heterocycles. The lowest BCUT2D eigenvalue weighted by molar-refractivity contribution is -0.143. The van der Waals surface area contributed by atoms with Gasteiger partial charge in [0.1, 0.15) is 23.0 Å². The number of fused-ring (bicyclic) bond motifs is 1. The zero-order chi connectivity index (χ0) is 35.9. The molecule has 0 unspecified atom stereocenters. The fraction of sp³-hybridized carbons (Fsp3) is 0.474.